The number of hydrogen-bond acceptors (Lipinski definition) is 5. The third kappa shape index (κ3) is 3.84. The van der Waals surface area contributed by atoms with Crippen molar-refractivity contribution in [2.45, 2.75) is 26.7 Å². The molecule has 2 N–H and O–H groups in total. The summed E-state index contributed by atoms with van der Waals surface area (Å²) in [5.41, 5.74) is 4.91. The number of nitro benzene ring substituents is 1. The second-order valence-electron chi connectivity index (χ2n) is 4.13. The molecule has 1 rings (SSSR count). The Kier molecular flexibility index (Phi) is 5.76. The lowest BCUT2D eigenvalue weighted by Gasteiger charge is -2.12. The van der Waals surface area contributed by atoms with Crippen molar-refractivity contribution in [2.75, 3.05) is 13.2 Å². The van der Waals surface area contributed by atoms with Gasteiger partial charge in [-0.15, -0.1) is 0 Å². The second-order valence-corrected chi connectivity index (χ2v) is 4.13. The average Bonchev–Trinajstić information content (AvgIpc) is 2.41. The van der Waals surface area contributed by atoms with Gasteiger partial charge in [-0.3, -0.25) is 14.9 Å². The van der Waals surface area contributed by atoms with Crippen molar-refractivity contribution in [2.24, 2.45) is 5.73 Å². The van der Waals surface area contributed by atoms with Crippen LogP contribution in [0, 0.1) is 10.1 Å². The first-order valence-corrected chi connectivity index (χ1v) is 6.39. The van der Waals surface area contributed by atoms with E-state index in [1.807, 2.05) is 13.8 Å². The lowest BCUT2D eigenvalue weighted by molar-refractivity contribution is -0.385. The van der Waals surface area contributed by atoms with Crippen LogP contribution >= 0.6 is 0 Å². The summed E-state index contributed by atoms with van der Waals surface area (Å²) in [5, 5.41) is 11.0. The smallest absolute Gasteiger partial charge is 0.312 e. The number of ether oxygens (including phenoxy) is 2. The van der Waals surface area contributed by atoms with Crippen molar-refractivity contribution in [3.05, 3.63) is 27.8 Å². The molecule has 0 atom stereocenters. The monoisotopic (exact) mass is 282 g/mol. The van der Waals surface area contributed by atoms with Crippen molar-refractivity contribution >= 4 is 11.6 Å². The van der Waals surface area contributed by atoms with E-state index in [4.69, 9.17) is 15.2 Å². The van der Waals surface area contributed by atoms with E-state index in [1.165, 1.54) is 6.07 Å². The third-order valence-corrected chi connectivity index (χ3v) is 2.45. The van der Waals surface area contributed by atoms with E-state index in [1.54, 1.807) is 0 Å². The Morgan fingerprint density at radius 3 is 2.20 bits per heavy atom. The molecule has 0 saturated carbocycles. The Morgan fingerprint density at radius 2 is 1.75 bits per heavy atom. The summed E-state index contributed by atoms with van der Waals surface area (Å²) in [6.07, 6.45) is 1.44. The van der Waals surface area contributed by atoms with Gasteiger partial charge in [0, 0.05) is 12.1 Å². The van der Waals surface area contributed by atoms with Gasteiger partial charge in [0.05, 0.1) is 23.7 Å². The summed E-state index contributed by atoms with van der Waals surface area (Å²) >= 11 is 0. The van der Waals surface area contributed by atoms with Crippen molar-refractivity contribution in [1.29, 1.82) is 0 Å². The van der Waals surface area contributed by atoms with Gasteiger partial charge < -0.3 is 15.2 Å². The van der Waals surface area contributed by atoms with Gasteiger partial charge in [0.1, 0.15) is 5.75 Å². The fraction of sp³-hybridized carbons (Fsp3) is 0.462. The Morgan fingerprint density at radius 1 is 1.20 bits per heavy atom. The average molecular weight is 282 g/mol. The number of carbonyl (C=O) groups excluding carboxylic acids is 1. The van der Waals surface area contributed by atoms with E-state index in [0.717, 1.165) is 12.5 Å². The maximum absolute atomic E-state index is 11.4. The van der Waals surface area contributed by atoms with Gasteiger partial charge in [-0.25, -0.2) is 0 Å². The third-order valence-electron chi connectivity index (χ3n) is 2.45. The van der Waals surface area contributed by atoms with Crippen LogP contribution in [0.25, 0.3) is 0 Å². The number of benzene rings is 1. The standard InChI is InChI=1S/C13H18N2O5/c1-3-5-19-11-8-12(20-6-4-2)10(15(17)18)7-9(11)13(14)16/h7-8H,3-6H2,1-2H3,(H2,14,16). The van der Waals surface area contributed by atoms with E-state index in [-0.39, 0.29) is 22.7 Å². The van der Waals surface area contributed by atoms with E-state index in [9.17, 15) is 14.9 Å². The predicted octanol–water partition coefficient (Wildman–Crippen LogP) is 2.27. The van der Waals surface area contributed by atoms with E-state index >= 15 is 0 Å². The highest BCUT2D eigenvalue weighted by atomic mass is 16.6. The van der Waals surface area contributed by atoms with Crippen LogP contribution in [0.15, 0.2) is 12.1 Å². The van der Waals surface area contributed by atoms with Crippen LogP contribution < -0.4 is 15.2 Å². The first-order valence-electron chi connectivity index (χ1n) is 6.39. The molecule has 7 heteroatoms. The minimum Gasteiger partial charge on any atom is -0.493 e. The number of amides is 1. The number of nitrogens with zero attached hydrogens (tertiary/aromatic N) is 1. The molecule has 0 aromatic heterocycles. The molecule has 110 valence electrons. The van der Waals surface area contributed by atoms with Crippen LogP contribution in [-0.4, -0.2) is 24.0 Å². The Labute approximate surface area is 116 Å². The number of nitro groups is 1. The minimum absolute atomic E-state index is 0.0194. The van der Waals surface area contributed by atoms with Crippen LogP contribution in [-0.2, 0) is 0 Å². The molecule has 0 aliphatic carbocycles. The number of nitrogens with two attached hydrogens (primary N) is 1. The molecule has 0 fully saturated rings. The highest BCUT2D eigenvalue weighted by Gasteiger charge is 2.22. The summed E-state index contributed by atoms with van der Waals surface area (Å²) in [7, 11) is 0. The maximum atomic E-state index is 11.4. The zero-order chi connectivity index (χ0) is 15.1. The van der Waals surface area contributed by atoms with Gasteiger partial charge in [-0.1, -0.05) is 13.8 Å². The SMILES string of the molecule is CCCOc1cc(OCCC)c([N+](=O)[O-])cc1C(N)=O. The minimum atomic E-state index is -0.777. The van der Waals surface area contributed by atoms with Crippen LogP contribution in [0.4, 0.5) is 5.69 Å². The fourth-order valence-corrected chi connectivity index (χ4v) is 1.54. The molecule has 0 radical (unpaired) electrons. The summed E-state index contributed by atoms with van der Waals surface area (Å²) in [4.78, 5) is 21.8. The van der Waals surface area contributed by atoms with Gasteiger partial charge in [0.25, 0.3) is 5.91 Å². The topological polar surface area (TPSA) is 105 Å². The summed E-state index contributed by atoms with van der Waals surface area (Å²) < 4.78 is 10.7. The fourth-order valence-electron chi connectivity index (χ4n) is 1.54. The van der Waals surface area contributed by atoms with Gasteiger partial charge in [-0.2, -0.15) is 0 Å². The van der Waals surface area contributed by atoms with E-state index in [2.05, 4.69) is 0 Å². The Bertz CT molecular complexity index is 461. The molecule has 0 heterocycles. The predicted molar refractivity (Wildman–Crippen MR) is 73.2 cm³/mol. The van der Waals surface area contributed by atoms with Crippen LogP contribution in [0.3, 0.4) is 0 Å². The molecule has 7 nitrogen and oxygen atoms in total. The van der Waals surface area contributed by atoms with Gasteiger partial charge >= 0.3 is 5.69 Å². The van der Waals surface area contributed by atoms with E-state index in [0.29, 0.717) is 19.6 Å². The quantitative estimate of drug-likeness (QED) is 0.581. The van der Waals surface area contributed by atoms with E-state index < -0.39 is 10.8 Å². The lowest BCUT2D eigenvalue weighted by atomic mass is 10.1. The first kappa shape index (κ1) is 15.7. The molecule has 20 heavy (non-hydrogen) atoms. The normalized spacial score (nSPS) is 10.1. The first-order chi connectivity index (χ1) is 9.51. The molecular formula is C13H18N2O5. The van der Waals surface area contributed by atoms with Gasteiger partial charge in [-0.05, 0) is 12.8 Å². The highest BCUT2D eigenvalue weighted by Crippen LogP contribution is 2.34. The molecule has 0 spiro atoms. The van der Waals surface area contributed by atoms with Crippen molar-refractivity contribution in [1.82, 2.24) is 0 Å². The molecule has 0 bridgehead atoms. The van der Waals surface area contributed by atoms with Crippen LogP contribution in [0.2, 0.25) is 0 Å². The van der Waals surface area contributed by atoms with Gasteiger partial charge in [0.2, 0.25) is 5.75 Å². The largest absolute Gasteiger partial charge is 0.493 e. The maximum Gasteiger partial charge on any atom is 0.312 e. The summed E-state index contributed by atoms with van der Waals surface area (Å²) in [5.74, 6) is -0.495. The van der Waals surface area contributed by atoms with Crippen molar-refractivity contribution in [3.63, 3.8) is 0 Å². The van der Waals surface area contributed by atoms with Crippen LogP contribution in [0.1, 0.15) is 37.0 Å². The summed E-state index contributed by atoms with van der Waals surface area (Å²) in [6, 6.07) is 2.45. The van der Waals surface area contributed by atoms with Gasteiger partial charge in [0.15, 0.2) is 0 Å². The molecule has 0 saturated heterocycles. The number of rotatable bonds is 8. The molecule has 1 aromatic rings. The second kappa shape index (κ2) is 7.32. The molecular weight excluding hydrogens is 264 g/mol. The molecule has 0 aliphatic heterocycles. The summed E-state index contributed by atoms with van der Waals surface area (Å²) in [6.45, 7) is 4.51. The highest BCUT2D eigenvalue weighted by molar-refractivity contribution is 5.96. The lowest BCUT2D eigenvalue weighted by Crippen LogP contribution is -2.14. The number of carbonyl (C=O) groups is 1. The number of hydrogen-bond donors (Lipinski definition) is 1. The zero-order valence-corrected chi connectivity index (χ0v) is 11.5. The molecule has 1 aromatic carbocycles. The van der Waals surface area contributed by atoms with Crippen molar-refractivity contribution in [3.8, 4) is 11.5 Å². The van der Waals surface area contributed by atoms with Crippen LogP contribution in [0.5, 0.6) is 11.5 Å². The molecule has 0 aliphatic rings. The zero-order valence-electron chi connectivity index (χ0n) is 11.5. The number of primary amides is 1. The Balaban J connectivity index is 3.27. The molecule has 0 unspecified atom stereocenters. The molecule has 1 amide bonds. The van der Waals surface area contributed by atoms with Crippen molar-refractivity contribution < 1.29 is 19.2 Å². The Hall–Kier alpha value is -2.31.